The molecule has 0 bridgehead atoms. The zero-order chi connectivity index (χ0) is 7.98. The monoisotopic (exact) mass is 162 g/mol. The van der Waals surface area contributed by atoms with Crippen LogP contribution in [-0.4, -0.2) is 5.97 Å². The van der Waals surface area contributed by atoms with E-state index in [-0.39, 0.29) is 35.1 Å². The van der Waals surface area contributed by atoms with E-state index in [2.05, 4.69) is 0 Å². The average Bonchev–Trinajstić information content (AvgIpc) is 1.88. The van der Waals surface area contributed by atoms with E-state index in [1.807, 2.05) is 13.0 Å². The van der Waals surface area contributed by atoms with Gasteiger partial charge in [-0.3, -0.25) is 0 Å². The van der Waals surface area contributed by atoms with E-state index in [1.54, 1.807) is 6.08 Å². The zero-order valence-electron chi connectivity index (χ0n) is 7.26. The maximum Gasteiger partial charge on any atom is 1.00 e. The number of allylic oxidation sites excluding steroid dienone is 3. The topological polar surface area (TPSA) is 40.1 Å². The Hall–Kier alpha value is -0.0500. The van der Waals surface area contributed by atoms with Crippen LogP contribution in [0.15, 0.2) is 23.8 Å². The summed E-state index contributed by atoms with van der Waals surface area (Å²) in [5, 5.41) is 10.1. The minimum absolute atomic E-state index is 0. The first kappa shape index (κ1) is 13.5. The second-order valence-corrected chi connectivity index (χ2v) is 1.97. The molecule has 0 fully saturated rings. The molecule has 11 heavy (non-hydrogen) atoms. The van der Waals surface area contributed by atoms with Crippen molar-refractivity contribution in [3.63, 3.8) is 0 Å². The number of carbonyl (C=O) groups excluding carboxylic acids is 1. The van der Waals surface area contributed by atoms with Crippen LogP contribution in [0.1, 0.15) is 20.3 Å². The molecule has 0 unspecified atom stereocenters. The Balaban J connectivity index is 0. The Kier molecular flexibility index (Phi) is 9.90. The van der Waals surface area contributed by atoms with Crippen LogP contribution < -0.4 is 34.7 Å². The van der Waals surface area contributed by atoms with Gasteiger partial charge in [-0.15, -0.1) is 0 Å². The summed E-state index contributed by atoms with van der Waals surface area (Å²) in [4.78, 5) is 10.1. The van der Waals surface area contributed by atoms with Crippen molar-refractivity contribution in [3.05, 3.63) is 23.8 Å². The summed E-state index contributed by atoms with van der Waals surface area (Å²) in [5.41, 5.74) is 0.254. The summed E-state index contributed by atoms with van der Waals surface area (Å²) < 4.78 is 0. The van der Waals surface area contributed by atoms with Gasteiger partial charge in [-0.05, 0) is 18.9 Å². The molecule has 0 aliphatic carbocycles. The zero-order valence-corrected chi connectivity index (χ0v) is 9.26. The van der Waals surface area contributed by atoms with Gasteiger partial charge in [0.25, 0.3) is 0 Å². The third kappa shape index (κ3) is 7.85. The first-order chi connectivity index (χ1) is 4.68. The van der Waals surface area contributed by atoms with Crippen molar-refractivity contribution < 1.29 is 39.5 Å². The maximum atomic E-state index is 10.1. The fraction of sp³-hybridized carbons (Fsp3) is 0.375. The molecule has 0 aromatic heterocycles. The first-order valence-electron chi connectivity index (χ1n) is 3.23. The summed E-state index contributed by atoms with van der Waals surface area (Å²) in [7, 11) is 0. The number of carbonyl (C=O) groups is 1. The minimum Gasteiger partial charge on any atom is -0.545 e. The smallest absolute Gasteiger partial charge is 0.545 e. The van der Waals surface area contributed by atoms with Crippen LogP contribution in [0.25, 0.3) is 0 Å². The molecule has 0 aromatic rings. The predicted octanol–water partition coefficient (Wildman–Crippen LogP) is -2.35. The summed E-state index contributed by atoms with van der Waals surface area (Å²) in [6.45, 7) is 3.49. The number of hydrogen-bond donors (Lipinski definition) is 0. The van der Waals surface area contributed by atoms with Crippen LogP contribution in [0.4, 0.5) is 0 Å². The molecule has 0 aromatic carbocycles. The van der Waals surface area contributed by atoms with Crippen LogP contribution in [0, 0.1) is 0 Å². The summed E-state index contributed by atoms with van der Waals surface area (Å²) in [5.74, 6) is -1.11. The fourth-order valence-corrected chi connectivity index (χ4v) is 0.417. The Morgan fingerprint density at radius 2 is 2.09 bits per heavy atom. The molecule has 3 heteroatoms. The Labute approximate surface area is 89.3 Å². The van der Waals surface area contributed by atoms with Crippen LogP contribution >= 0.6 is 0 Å². The van der Waals surface area contributed by atoms with Gasteiger partial charge >= 0.3 is 29.6 Å². The maximum absolute atomic E-state index is 10.1. The fourth-order valence-electron chi connectivity index (χ4n) is 0.417. The molecule has 0 saturated carbocycles. The Morgan fingerprint density at radius 3 is 2.45 bits per heavy atom. The van der Waals surface area contributed by atoms with Gasteiger partial charge in [0.15, 0.2) is 0 Å². The number of carboxylic acids is 1. The molecule has 0 rings (SSSR count). The van der Waals surface area contributed by atoms with Crippen molar-refractivity contribution in [2.24, 2.45) is 0 Å². The van der Waals surface area contributed by atoms with Crippen molar-refractivity contribution in [1.29, 1.82) is 0 Å². The molecule has 0 atom stereocenters. The molecule has 0 saturated heterocycles. The third-order valence-electron chi connectivity index (χ3n) is 1.04. The summed E-state index contributed by atoms with van der Waals surface area (Å²) in [6.07, 6.45) is 6.03. The van der Waals surface area contributed by atoms with Gasteiger partial charge in [-0.1, -0.05) is 25.2 Å². The quantitative estimate of drug-likeness (QED) is 0.265. The molecule has 56 valence electrons. The van der Waals surface area contributed by atoms with Crippen molar-refractivity contribution in [3.8, 4) is 0 Å². The van der Waals surface area contributed by atoms with Crippen LogP contribution in [0.5, 0.6) is 0 Å². The molecule has 0 heterocycles. The van der Waals surface area contributed by atoms with Gasteiger partial charge in [0, 0.05) is 0 Å². The van der Waals surface area contributed by atoms with E-state index in [1.165, 1.54) is 13.0 Å². The van der Waals surface area contributed by atoms with Crippen molar-refractivity contribution in [2.45, 2.75) is 20.3 Å². The molecule has 0 amide bonds. The molecular formula is C8H11NaO2. The SMILES string of the molecule is CCC=CC=C(C)C(=O)[O-].[Na+]. The van der Waals surface area contributed by atoms with E-state index in [0.717, 1.165) is 6.42 Å². The molecular weight excluding hydrogens is 151 g/mol. The number of hydrogen-bond acceptors (Lipinski definition) is 2. The third-order valence-corrected chi connectivity index (χ3v) is 1.04. The van der Waals surface area contributed by atoms with E-state index >= 15 is 0 Å². The first-order valence-corrected chi connectivity index (χ1v) is 3.23. The largest absolute Gasteiger partial charge is 1.00 e. The minimum atomic E-state index is -1.11. The summed E-state index contributed by atoms with van der Waals surface area (Å²) in [6, 6.07) is 0. The van der Waals surface area contributed by atoms with E-state index < -0.39 is 5.97 Å². The Morgan fingerprint density at radius 1 is 1.55 bits per heavy atom. The molecule has 0 aliphatic heterocycles. The average molecular weight is 162 g/mol. The van der Waals surface area contributed by atoms with Gasteiger partial charge < -0.3 is 9.90 Å². The second-order valence-electron chi connectivity index (χ2n) is 1.97. The number of rotatable bonds is 3. The summed E-state index contributed by atoms with van der Waals surface area (Å²) >= 11 is 0. The number of carboxylic acid groups (broad SMARTS) is 1. The van der Waals surface area contributed by atoms with Crippen molar-refractivity contribution in [2.75, 3.05) is 0 Å². The standard InChI is InChI=1S/C8H12O2.Na/c1-3-4-5-6-7(2)8(9)10;/h4-6H,3H2,1-2H3,(H,9,10);/q;+1/p-1. The molecule has 0 N–H and O–H groups in total. The van der Waals surface area contributed by atoms with E-state index in [4.69, 9.17) is 0 Å². The molecule has 0 aliphatic rings. The normalized spacial score (nSPS) is 11.3. The van der Waals surface area contributed by atoms with Crippen molar-refractivity contribution >= 4 is 5.97 Å². The predicted molar refractivity (Wildman–Crippen MR) is 38.2 cm³/mol. The van der Waals surface area contributed by atoms with Crippen molar-refractivity contribution in [1.82, 2.24) is 0 Å². The second kappa shape index (κ2) is 8.05. The van der Waals surface area contributed by atoms with Crippen LogP contribution in [-0.2, 0) is 4.79 Å². The molecule has 2 nitrogen and oxygen atoms in total. The van der Waals surface area contributed by atoms with Gasteiger partial charge in [0.05, 0.1) is 5.97 Å². The molecule has 0 spiro atoms. The molecule has 0 radical (unpaired) electrons. The Bertz CT molecular complexity index is 171. The van der Waals surface area contributed by atoms with E-state index in [9.17, 15) is 9.90 Å². The van der Waals surface area contributed by atoms with Gasteiger partial charge in [0.1, 0.15) is 0 Å². The van der Waals surface area contributed by atoms with Gasteiger partial charge in [-0.2, -0.15) is 0 Å². The van der Waals surface area contributed by atoms with E-state index in [0.29, 0.717) is 0 Å². The van der Waals surface area contributed by atoms with Crippen LogP contribution in [0.3, 0.4) is 0 Å². The number of aliphatic carboxylic acids is 1. The van der Waals surface area contributed by atoms with Crippen LogP contribution in [0.2, 0.25) is 0 Å². The van der Waals surface area contributed by atoms with Gasteiger partial charge in [0.2, 0.25) is 0 Å². The van der Waals surface area contributed by atoms with Gasteiger partial charge in [-0.25, -0.2) is 0 Å².